The number of nitrogens with zero attached hydrogens (tertiary/aromatic N) is 1. The number of hydrogen-bond donors (Lipinski definition) is 2. The number of benzene rings is 3. The van der Waals surface area contributed by atoms with Gasteiger partial charge in [0, 0.05) is 16.8 Å². The number of rotatable bonds is 3. The van der Waals surface area contributed by atoms with Crippen molar-refractivity contribution in [2.75, 3.05) is 5.32 Å². The van der Waals surface area contributed by atoms with Gasteiger partial charge in [0.25, 0.3) is 5.91 Å². The Kier molecular flexibility index (Phi) is 5.57. The Labute approximate surface area is 186 Å². The fourth-order valence-corrected chi connectivity index (χ4v) is 3.36. The number of carbonyl (C=O) groups excluding carboxylic acids is 1. The first-order valence-electron chi connectivity index (χ1n) is 9.98. The van der Waals surface area contributed by atoms with Crippen LogP contribution in [-0.2, 0) is 5.41 Å². The molecule has 6 heteroatoms. The summed E-state index contributed by atoms with van der Waals surface area (Å²) in [6.07, 6.45) is 0. The van der Waals surface area contributed by atoms with Crippen LogP contribution in [0, 0.1) is 0 Å². The first-order valence-corrected chi connectivity index (χ1v) is 10.4. The number of anilines is 1. The molecule has 0 aliphatic rings. The van der Waals surface area contributed by atoms with Crippen LogP contribution in [0.5, 0.6) is 0 Å². The van der Waals surface area contributed by atoms with E-state index >= 15 is 0 Å². The van der Waals surface area contributed by atoms with Crippen LogP contribution in [0.1, 0.15) is 36.7 Å². The molecule has 4 rings (SSSR count). The van der Waals surface area contributed by atoms with Gasteiger partial charge in [-0.1, -0.05) is 45.0 Å². The maximum Gasteiger partial charge on any atom is 0.257 e. The predicted molar refractivity (Wildman–Crippen MR) is 128 cm³/mol. The molecule has 0 atom stereocenters. The van der Waals surface area contributed by atoms with Crippen LogP contribution in [-0.4, -0.2) is 16.0 Å². The topological polar surface area (TPSA) is 67.2 Å². The van der Waals surface area contributed by atoms with Crippen molar-refractivity contribution in [1.29, 1.82) is 0 Å². The highest BCUT2D eigenvalue weighted by atomic mass is 32.1. The van der Waals surface area contributed by atoms with Crippen LogP contribution in [0.4, 0.5) is 5.69 Å². The van der Waals surface area contributed by atoms with Gasteiger partial charge < -0.3 is 9.73 Å². The standard InChI is InChI=1S/C25H23N3O2S/c1-25(2,3)18-12-8-16(9-13-18)22(29)28-24(31)26-19-14-10-17(11-15-19)23-27-20-6-4-5-7-21(20)30-23/h4-15H,1-3H3,(H2,26,28,29,31). The molecular formula is C25H23N3O2S. The second-order valence-electron chi connectivity index (χ2n) is 8.30. The van der Waals surface area contributed by atoms with Gasteiger partial charge in [-0.2, -0.15) is 0 Å². The van der Waals surface area contributed by atoms with E-state index in [1.54, 1.807) is 0 Å². The average molecular weight is 430 g/mol. The van der Waals surface area contributed by atoms with Crippen molar-refractivity contribution in [3.8, 4) is 11.5 Å². The molecule has 0 aliphatic carbocycles. The Balaban J connectivity index is 1.38. The summed E-state index contributed by atoms with van der Waals surface area (Å²) in [5.74, 6) is 0.309. The molecule has 5 nitrogen and oxygen atoms in total. The molecule has 0 radical (unpaired) electrons. The van der Waals surface area contributed by atoms with E-state index in [-0.39, 0.29) is 16.4 Å². The molecule has 0 aliphatic heterocycles. The molecule has 31 heavy (non-hydrogen) atoms. The Hall–Kier alpha value is -3.51. The molecule has 0 fully saturated rings. The van der Waals surface area contributed by atoms with E-state index in [4.69, 9.17) is 16.6 Å². The van der Waals surface area contributed by atoms with E-state index < -0.39 is 0 Å². The molecule has 0 saturated carbocycles. The maximum absolute atomic E-state index is 12.5. The normalized spacial score (nSPS) is 11.3. The van der Waals surface area contributed by atoms with Crippen molar-refractivity contribution < 1.29 is 9.21 Å². The summed E-state index contributed by atoms with van der Waals surface area (Å²) in [6.45, 7) is 6.41. The number of hydrogen-bond acceptors (Lipinski definition) is 4. The number of aromatic nitrogens is 1. The number of para-hydroxylation sites is 2. The smallest absolute Gasteiger partial charge is 0.257 e. The third-order valence-electron chi connectivity index (χ3n) is 4.92. The zero-order valence-electron chi connectivity index (χ0n) is 17.6. The summed E-state index contributed by atoms with van der Waals surface area (Å²) in [7, 11) is 0. The lowest BCUT2D eigenvalue weighted by molar-refractivity contribution is 0.0977. The van der Waals surface area contributed by atoms with Crippen LogP contribution in [0.15, 0.2) is 77.2 Å². The fraction of sp³-hybridized carbons (Fsp3) is 0.160. The van der Waals surface area contributed by atoms with E-state index in [9.17, 15) is 4.79 Å². The Morgan fingerprint density at radius 3 is 2.26 bits per heavy atom. The molecule has 3 aromatic carbocycles. The molecule has 1 amide bonds. The van der Waals surface area contributed by atoms with Crippen molar-refractivity contribution in [1.82, 2.24) is 10.3 Å². The number of oxazole rings is 1. The number of amides is 1. The Morgan fingerprint density at radius 2 is 1.61 bits per heavy atom. The summed E-state index contributed by atoms with van der Waals surface area (Å²) in [4.78, 5) is 17.0. The highest BCUT2D eigenvalue weighted by Gasteiger charge is 2.15. The van der Waals surface area contributed by atoms with E-state index in [2.05, 4.69) is 36.4 Å². The first kappa shape index (κ1) is 20.8. The zero-order valence-corrected chi connectivity index (χ0v) is 18.4. The van der Waals surface area contributed by atoms with Gasteiger partial charge in [0.2, 0.25) is 5.89 Å². The van der Waals surface area contributed by atoms with Crippen LogP contribution in [0.2, 0.25) is 0 Å². The van der Waals surface area contributed by atoms with Gasteiger partial charge in [-0.3, -0.25) is 10.1 Å². The number of carbonyl (C=O) groups is 1. The minimum atomic E-state index is -0.249. The summed E-state index contributed by atoms with van der Waals surface area (Å²) in [6, 6.07) is 22.7. The van der Waals surface area contributed by atoms with Gasteiger partial charge in [0.15, 0.2) is 10.7 Å². The monoisotopic (exact) mass is 429 g/mol. The van der Waals surface area contributed by atoms with Crippen molar-refractivity contribution in [3.05, 3.63) is 83.9 Å². The SMILES string of the molecule is CC(C)(C)c1ccc(C(=O)NC(=S)Nc2ccc(-c3nc4ccccc4o3)cc2)cc1. The van der Waals surface area contributed by atoms with Gasteiger partial charge in [0.1, 0.15) is 5.52 Å². The summed E-state index contributed by atoms with van der Waals surface area (Å²) < 4.78 is 5.79. The van der Waals surface area contributed by atoms with Crippen LogP contribution >= 0.6 is 12.2 Å². The highest BCUT2D eigenvalue weighted by molar-refractivity contribution is 7.80. The third kappa shape index (κ3) is 4.81. The first-order chi connectivity index (χ1) is 14.8. The summed E-state index contributed by atoms with van der Waals surface area (Å²) >= 11 is 5.29. The van der Waals surface area contributed by atoms with Crippen LogP contribution in [0.3, 0.4) is 0 Å². The van der Waals surface area contributed by atoms with Gasteiger partial charge in [-0.05, 0) is 71.7 Å². The molecular weight excluding hydrogens is 406 g/mol. The number of nitrogens with one attached hydrogen (secondary N) is 2. The largest absolute Gasteiger partial charge is 0.436 e. The van der Waals surface area contributed by atoms with E-state index in [0.29, 0.717) is 11.5 Å². The molecule has 1 heterocycles. The molecule has 0 unspecified atom stereocenters. The molecule has 4 aromatic rings. The van der Waals surface area contributed by atoms with Gasteiger partial charge in [-0.25, -0.2) is 4.98 Å². The van der Waals surface area contributed by atoms with Crippen LogP contribution < -0.4 is 10.6 Å². The highest BCUT2D eigenvalue weighted by Crippen LogP contribution is 2.25. The predicted octanol–water partition coefficient (Wildman–Crippen LogP) is 5.92. The summed E-state index contributed by atoms with van der Waals surface area (Å²) in [5, 5.41) is 5.99. The van der Waals surface area contributed by atoms with Crippen molar-refractivity contribution in [3.63, 3.8) is 0 Å². The average Bonchev–Trinajstić information content (AvgIpc) is 3.18. The summed E-state index contributed by atoms with van der Waals surface area (Å²) in [5.41, 5.74) is 4.95. The lowest BCUT2D eigenvalue weighted by atomic mass is 9.87. The van der Waals surface area contributed by atoms with Crippen molar-refractivity contribution >= 4 is 40.0 Å². The number of thiocarbonyl (C=S) groups is 1. The minimum absolute atomic E-state index is 0.0376. The molecule has 0 bridgehead atoms. The maximum atomic E-state index is 12.5. The van der Waals surface area contributed by atoms with Gasteiger partial charge in [0.05, 0.1) is 0 Å². The molecule has 0 spiro atoms. The van der Waals surface area contributed by atoms with Crippen molar-refractivity contribution in [2.45, 2.75) is 26.2 Å². The van der Waals surface area contributed by atoms with E-state index in [1.807, 2.05) is 72.8 Å². The third-order valence-corrected chi connectivity index (χ3v) is 5.13. The van der Waals surface area contributed by atoms with Crippen LogP contribution in [0.25, 0.3) is 22.6 Å². The zero-order chi connectivity index (χ0) is 22.0. The molecule has 2 N–H and O–H groups in total. The fourth-order valence-electron chi connectivity index (χ4n) is 3.15. The van der Waals surface area contributed by atoms with Gasteiger partial charge >= 0.3 is 0 Å². The van der Waals surface area contributed by atoms with E-state index in [1.165, 1.54) is 5.56 Å². The number of fused-ring (bicyclic) bond motifs is 1. The molecule has 1 aromatic heterocycles. The lowest BCUT2D eigenvalue weighted by Gasteiger charge is -2.19. The Morgan fingerprint density at radius 1 is 0.935 bits per heavy atom. The second-order valence-corrected chi connectivity index (χ2v) is 8.71. The minimum Gasteiger partial charge on any atom is -0.436 e. The lowest BCUT2D eigenvalue weighted by Crippen LogP contribution is -2.34. The quantitative estimate of drug-likeness (QED) is 0.396. The Bertz CT molecular complexity index is 1200. The van der Waals surface area contributed by atoms with Crippen molar-refractivity contribution in [2.24, 2.45) is 0 Å². The molecule has 0 saturated heterocycles. The van der Waals surface area contributed by atoms with Gasteiger partial charge in [-0.15, -0.1) is 0 Å². The molecule has 156 valence electrons. The second kappa shape index (κ2) is 8.32. The van der Waals surface area contributed by atoms with E-state index in [0.717, 1.165) is 22.4 Å².